The molecule has 0 saturated carbocycles. The minimum absolute atomic E-state index is 0.139. The van der Waals surface area contributed by atoms with Gasteiger partial charge in [-0.1, -0.05) is 42.0 Å². The summed E-state index contributed by atoms with van der Waals surface area (Å²) in [4.78, 5) is 13.6. The molecule has 5 nitrogen and oxygen atoms in total. The zero-order valence-electron chi connectivity index (χ0n) is 7.96. The molecule has 0 radical (unpaired) electrons. The van der Waals surface area contributed by atoms with E-state index in [1.807, 2.05) is 30.3 Å². The van der Waals surface area contributed by atoms with Crippen LogP contribution in [0.3, 0.4) is 0 Å². The summed E-state index contributed by atoms with van der Waals surface area (Å²) in [5.41, 5.74) is 8.68. The predicted molar refractivity (Wildman–Crippen MR) is 54.5 cm³/mol. The molecule has 1 aromatic carbocycles. The number of hydrogen-bond acceptors (Lipinski definition) is 3. The lowest BCUT2D eigenvalue weighted by atomic mass is 10.2. The van der Waals surface area contributed by atoms with Crippen molar-refractivity contribution in [3.05, 3.63) is 58.6 Å². The van der Waals surface area contributed by atoms with E-state index in [0.717, 1.165) is 5.56 Å². The fourth-order valence-electron chi connectivity index (χ4n) is 0.901. The van der Waals surface area contributed by atoms with Crippen molar-refractivity contribution in [1.29, 1.82) is 0 Å². The van der Waals surface area contributed by atoms with E-state index in [2.05, 4.69) is 16.6 Å². The van der Waals surface area contributed by atoms with Gasteiger partial charge in [0.25, 0.3) is 0 Å². The first-order valence-corrected chi connectivity index (χ1v) is 4.19. The molecular weight excluding hydrogens is 194 g/mol. The Balaban J connectivity index is 2.48. The van der Waals surface area contributed by atoms with E-state index in [1.54, 1.807) is 0 Å². The molecule has 0 aliphatic rings. The molecule has 5 heteroatoms. The maximum absolute atomic E-state index is 11.1. The van der Waals surface area contributed by atoms with Crippen molar-refractivity contribution < 1.29 is 9.53 Å². The molecule has 0 atom stereocenters. The van der Waals surface area contributed by atoms with E-state index < -0.39 is 5.97 Å². The first-order chi connectivity index (χ1) is 7.24. The molecule has 0 bridgehead atoms. The van der Waals surface area contributed by atoms with Gasteiger partial charge in [-0.05, 0) is 11.1 Å². The first kappa shape index (κ1) is 10.8. The van der Waals surface area contributed by atoms with Crippen LogP contribution in [0, 0.1) is 0 Å². The average molecular weight is 203 g/mol. The highest BCUT2D eigenvalue weighted by Gasteiger charge is 2.05. The van der Waals surface area contributed by atoms with Crippen molar-refractivity contribution in [2.24, 2.45) is 5.11 Å². The van der Waals surface area contributed by atoms with Gasteiger partial charge in [-0.25, -0.2) is 4.79 Å². The lowest BCUT2D eigenvalue weighted by Gasteiger charge is -2.03. The highest BCUT2D eigenvalue weighted by molar-refractivity contribution is 5.87. The van der Waals surface area contributed by atoms with Crippen molar-refractivity contribution in [3.63, 3.8) is 0 Å². The maximum atomic E-state index is 11.1. The van der Waals surface area contributed by atoms with Crippen molar-refractivity contribution in [3.8, 4) is 0 Å². The third-order valence-corrected chi connectivity index (χ3v) is 1.61. The smallest absolute Gasteiger partial charge is 0.340 e. The first-order valence-electron chi connectivity index (χ1n) is 4.19. The predicted octanol–water partition coefficient (Wildman–Crippen LogP) is 2.55. The molecule has 0 heterocycles. The minimum Gasteiger partial charge on any atom is -0.457 e. The van der Waals surface area contributed by atoms with E-state index >= 15 is 0 Å². The fourth-order valence-corrected chi connectivity index (χ4v) is 0.901. The quantitative estimate of drug-likeness (QED) is 0.248. The summed E-state index contributed by atoms with van der Waals surface area (Å²) in [5, 5.41) is 3.05. The standard InChI is InChI=1S/C10H9N3O2/c1-8(12-13-11)10(14)15-7-9-5-3-2-4-6-9/h2-6H,1,7H2. The molecule has 1 aromatic rings. The van der Waals surface area contributed by atoms with Crippen LogP contribution in [0.2, 0.25) is 0 Å². The lowest BCUT2D eigenvalue weighted by Crippen LogP contribution is -2.05. The Morgan fingerprint density at radius 2 is 2.13 bits per heavy atom. The van der Waals surface area contributed by atoms with Gasteiger partial charge in [0, 0.05) is 4.91 Å². The second-order valence-electron chi connectivity index (χ2n) is 2.70. The molecular formula is C10H9N3O2. The number of esters is 1. The summed E-state index contributed by atoms with van der Waals surface area (Å²) in [6.45, 7) is 3.40. The molecule has 0 unspecified atom stereocenters. The van der Waals surface area contributed by atoms with Gasteiger partial charge in [0.05, 0.1) is 0 Å². The number of benzene rings is 1. The van der Waals surface area contributed by atoms with Crippen LogP contribution in [0.5, 0.6) is 0 Å². The van der Waals surface area contributed by atoms with E-state index in [1.165, 1.54) is 0 Å². The van der Waals surface area contributed by atoms with Gasteiger partial charge in [-0.15, -0.1) is 0 Å². The molecule has 0 N–H and O–H groups in total. The SMILES string of the molecule is C=C(N=[N+]=[N-])C(=O)OCc1ccccc1. The van der Waals surface area contributed by atoms with Gasteiger partial charge < -0.3 is 4.74 Å². The zero-order chi connectivity index (χ0) is 11.1. The second kappa shape index (κ2) is 5.47. The van der Waals surface area contributed by atoms with Crippen molar-refractivity contribution in [1.82, 2.24) is 0 Å². The average Bonchev–Trinajstić information content (AvgIpc) is 2.27. The number of hydrogen-bond donors (Lipinski definition) is 0. The van der Waals surface area contributed by atoms with E-state index in [0.29, 0.717) is 0 Å². The van der Waals surface area contributed by atoms with Crippen molar-refractivity contribution in [2.45, 2.75) is 6.61 Å². The molecule has 15 heavy (non-hydrogen) atoms. The van der Waals surface area contributed by atoms with Crippen molar-refractivity contribution >= 4 is 5.97 Å². The maximum Gasteiger partial charge on any atom is 0.340 e. The lowest BCUT2D eigenvalue weighted by molar-refractivity contribution is -0.140. The summed E-state index contributed by atoms with van der Waals surface area (Å²) in [6.07, 6.45) is 0. The van der Waals surface area contributed by atoms with Gasteiger partial charge in [0.1, 0.15) is 12.3 Å². The molecule has 0 aliphatic heterocycles. The Morgan fingerprint density at radius 3 is 2.73 bits per heavy atom. The summed E-state index contributed by atoms with van der Waals surface area (Å²) in [7, 11) is 0. The van der Waals surface area contributed by atoms with E-state index in [-0.39, 0.29) is 12.3 Å². The van der Waals surface area contributed by atoms with Gasteiger partial charge in [-0.2, -0.15) is 0 Å². The molecule has 0 aliphatic carbocycles. The minimum atomic E-state index is -0.711. The molecule has 0 fully saturated rings. The topological polar surface area (TPSA) is 75.1 Å². The number of rotatable bonds is 4. The summed E-state index contributed by atoms with van der Waals surface area (Å²) < 4.78 is 4.84. The van der Waals surface area contributed by atoms with Crippen LogP contribution in [-0.4, -0.2) is 5.97 Å². The van der Waals surface area contributed by atoms with Crippen LogP contribution < -0.4 is 0 Å². The Bertz CT molecular complexity index is 408. The van der Waals surface area contributed by atoms with E-state index in [9.17, 15) is 4.79 Å². The fraction of sp³-hybridized carbons (Fsp3) is 0.100. The summed E-state index contributed by atoms with van der Waals surface area (Å²) >= 11 is 0. The number of ether oxygens (including phenoxy) is 1. The van der Waals surface area contributed by atoms with Gasteiger partial charge >= 0.3 is 5.97 Å². The highest BCUT2D eigenvalue weighted by atomic mass is 16.5. The number of carbonyl (C=O) groups excluding carboxylic acids is 1. The third-order valence-electron chi connectivity index (χ3n) is 1.61. The van der Waals surface area contributed by atoms with Gasteiger partial charge in [-0.3, -0.25) is 0 Å². The third kappa shape index (κ3) is 3.54. The molecule has 76 valence electrons. The van der Waals surface area contributed by atoms with Crippen LogP contribution in [-0.2, 0) is 16.1 Å². The van der Waals surface area contributed by atoms with Gasteiger partial charge in [0.2, 0.25) is 0 Å². The molecule has 0 amide bonds. The Labute approximate surface area is 86.6 Å². The largest absolute Gasteiger partial charge is 0.457 e. The molecule has 0 saturated heterocycles. The second-order valence-corrected chi connectivity index (χ2v) is 2.70. The van der Waals surface area contributed by atoms with Crippen molar-refractivity contribution in [2.75, 3.05) is 0 Å². The van der Waals surface area contributed by atoms with Crippen LogP contribution >= 0.6 is 0 Å². The summed E-state index contributed by atoms with van der Waals surface area (Å²) in [6, 6.07) is 9.19. The Hall–Kier alpha value is -2.26. The Kier molecular flexibility index (Phi) is 3.94. The van der Waals surface area contributed by atoms with E-state index in [4.69, 9.17) is 10.3 Å². The summed E-state index contributed by atoms with van der Waals surface area (Å²) in [5.74, 6) is -0.711. The molecule has 0 spiro atoms. The Morgan fingerprint density at radius 1 is 1.47 bits per heavy atom. The highest BCUT2D eigenvalue weighted by Crippen LogP contribution is 2.04. The molecule has 0 aromatic heterocycles. The van der Waals surface area contributed by atoms with Crippen LogP contribution in [0.4, 0.5) is 0 Å². The normalized spacial score (nSPS) is 8.80. The van der Waals surface area contributed by atoms with Gasteiger partial charge in [0.15, 0.2) is 0 Å². The number of azide groups is 1. The number of nitrogens with zero attached hydrogens (tertiary/aromatic N) is 3. The monoisotopic (exact) mass is 203 g/mol. The van der Waals surface area contributed by atoms with Crippen LogP contribution in [0.1, 0.15) is 5.56 Å². The number of carbonyl (C=O) groups is 1. The van der Waals surface area contributed by atoms with Crippen LogP contribution in [0.15, 0.2) is 47.7 Å². The van der Waals surface area contributed by atoms with Crippen LogP contribution in [0.25, 0.3) is 10.4 Å². The molecule has 1 rings (SSSR count). The zero-order valence-corrected chi connectivity index (χ0v) is 7.96.